The van der Waals surface area contributed by atoms with Gasteiger partial charge in [-0.2, -0.15) is 4.98 Å². The fourth-order valence-electron chi connectivity index (χ4n) is 2.04. The Bertz CT molecular complexity index is 327. The minimum atomic E-state index is 0.550. The highest BCUT2D eigenvalue weighted by atomic mass is 15.4. The summed E-state index contributed by atoms with van der Waals surface area (Å²) < 4.78 is 1.83. The third-order valence-corrected chi connectivity index (χ3v) is 3.05. The van der Waals surface area contributed by atoms with Crippen molar-refractivity contribution in [1.29, 1.82) is 0 Å². The highest BCUT2D eigenvalue weighted by molar-refractivity contribution is 5.35. The second kappa shape index (κ2) is 5.18. The molecule has 0 atom stereocenters. The van der Waals surface area contributed by atoms with Crippen LogP contribution in [0.1, 0.15) is 39.0 Å². The van der Waals surface area contributed by atoms with Crippen LogP contribution in [0.4, 0.5) is 11.9 Å². The van der Waals surface area contributed by atoms with Gasteiger partial charge in [0, 0.05) is 19.6 Å². The van der Waals surface area contributed by atoms with Gasteiger partial charge in [-0.05, 0) is 25.7 Å². The second-order valence-corrected chi connectivity index (χ2v) is 4.39. The van der Waals surface area contributed by atoms with E-state index in [0.717, 1.165) is 38.4 Å². The van der Waals surface area contributed by atoms with Gasteiger partial charge in [0.15, 0.2) is 0 Å². The molecule has 90 valence electrons. The van der Waals surface area contributed by atoms with E-state index in [0.29, 0.717) is 5.95 Å². The second-order valence-electron chi connectivity index (χ2n) is 4.39. The van der Waals surface area contributed by atoms with E-state index < -0.39 is 0 Å². The molecule has 1 fully saturated rings. The first-order valence-electron chi connectivity index (χ1n) is 6.26. The Labute approximate surface area is 96.6 Å². The molecular formula is C11H21N5. The average Bonchev–Trinajstić information content (AvgIpc) is 2.69. The van der Waals surface area contributed by atoms with Crippen molar-refractivity contribution in [3.63, 3.8) is 0 Å². The smallest absolute Gasteiger partial charge is 0.246 e. The lowest BCUT2D eigenvalue weighted by atomic mass is 10.1. The molecule has 2 N–H and O–H groups in total. The molecule has 0 aliphatic carbocycles. The van der Waals surface area contributed by atoms with E-state index in [2.05, 4.69) is 21.9 Å². The van der Waals surface area contributed by atoms with Crippen molar-refractivity contribution >= 4 is 11.9 Å². The van der Waals surface area contributed by atoms with Crippen molar-refractivity contribution in [1.82, 2.24) is 14.8 Å². The lowest BCUT2D eigenvalue weighted by Gasteiger charge is -2.24. The van der Waals surface area contributed by atoms with Crippen LogP contribution in [0.25, 0.3) is 0 Å². The fourth-order valence-corrected chi connectivity index (χ4v) is 2.04. The van der Waals surface area contributed by atoms with E-state index in [1.807, 2.05) is 4.68 Å². The maximum atomic E-state index is 5.85. The minimum Gasteiger partial charge on any atom is -0.368 e. The lowest BCUT2D eigenvalue weighted by molar-refractivity contribution is 0.551. The van der Waals surface area contributed by atoms with Gasteiger partial charge in [-0.15, -0.1) is 5.10 Å². The Morgan fingerprint density at radius 3 is 2.69 bits per heavy atom. The van der Waals surface area contributed by atoms with E-state index in [4.69, 9.17) is 5.73 Å². The van der Waals surface area contributed by atoms with Gasteiger partial charge in [-0.25, -0.2) is 4.68 Å². The summed E-state index contributed by atoms with van der Waals surface area (Å²) in [7, 11) is 0. The number of nitrogen functional groups attached to an aromatic ring is 1. The zero-order chi connectivity index (χ0) is 11.4. The van der Waals surface area contributed by atoms with Crippen LogP contribution in [0.2, 0.25) is 0 Å². The van der Waals surface area contributed by atoms with Crippen LogP contribution in [0, 0.1) is 0 Å². The third-order valence-electron chi connectivity index (χ3n) is 3.05. The number of nitrogens with zero attached hydrogens (tertiary/aromatic N) is 4. The quantitative estimate of drug-likeness (QED) is 0.843. The first kappa shape index (κ1) is 11.2. The van der Waals surface area contributed by atoms with E-state index in [9.17, 15) is 0 Å². The van der Waals surface area contributed by atoms with Crippen molar-refractivity contribution in [3.8, 4) is 0 Å². The van der Waals surface area contributed by atoms with Gasteiger partial charge in [-0.3, -0.25) is 0 Å². The van der Waals surface area contributed by atoms with Crippen molar-refractivity contribution < 1.29 is 0 Å². The van der Waals surface area contributed by atoms with Gasteiger partial charge in [0.2, 0.25) is 11.9 Å². The summed E-state index contributed by atoms with van der Waals surface area (Å²) >= 11 is 0. The molecule has 1 aromatic rings. The largest absolute Gasteiger partial charge is 0.368 e. The maximum absolute atomic E-state index is 5.85. The first-order chi connectivity index (χ1) is 7.81. The first-order valence-corrected chi connectivity index (χ1v) is 6.26. The van der Waals surface area contributed by atoms with Crippen molar-refractivity contribution in [2.24, 2.45) is 0 Å². The van der Waals surface area contributed by atoms with Crippen molar-refractivity contribution in [2.75, 3.05) is 23.7 Å². The Morgan fingerprint density at radius 1 is 1.25 bits per heavy atom. The minimum absolute atomic E-state index is 0.550. The van der Waals surface area contributed by atoms with Crippen LogP contribution < -0.4 is 10.6 Å². The number of aromatic nitrogens is 3. The van der Waals surface area contributed by atoms with Crippen LogP contribution >= 0.6 is 0 Å². The standard InChI is InChI=1S/C11H21N5/c1-2-3-9-16-10(12)13-11(14-16)15-7-5-4-6-8-15/h2-9H2,1H3,(H2,12,13,14). The molecular weight excluding hydrogens is 202 g/mol. The summed E-state index contributed by atoms with van der Waals surface area (Å²) in [6.45, 7) is 5.18. The topological polar surface area (TPSA) is 60.0 Å². The molecule has 0 aromatic carbocycles. The highest BCUT2D eigenvalue weighted by Gasteiger charge is 2.16. The molecule has 0 bridgehead atoms. The van der Waals surface area contributed by atoms with E-state index in [1.165, 1.54) is 19.3 Å². The van der Waals surface area contributed by atoms with Crippen LogP contribution in [0.15, 0.2) is 0 Å². The molecule has 0 amide bonds. The Hall–Kier alpha value is -1.26. The molecule has 0 saturated carbocycles. The van der Waals surface area contributed by atoms with Gasteiger partial charge in [0.1, 0.15) is 0 Å². The normalized spacial score (nSPS) is 16.7. The number of aryl methyl sites for hydroxylation is 1. The van der Waals surface area contributed by atoms with Gasteiger partial charge in [-0.1, -0.05) is 13.3 Å². The molecule has 5 nitrogen and oxygen atoms in total. The van der Waals surface area contributed by atoms with E-state index in [-0.39, 0.29) is 0 Å². The number of piperidine rings is 1. The third kappa shape index (κ3) is 2.46. The Morgan fingerprint density at radius 2 is 2.00 bits per heavy atom. The molecule has 16 heavy (non-hydrogen) atoms. The van der Waals surface area contributed by atoms with Gasteiger partial charge >= 0.3 is 0 Å². The van der Waals surface area contributed by atoms with Crippen LogP contribution in [-0.4, -0.2) is 27.9 Å². The van der Waals surface area contributed by atoms with Crippen LogP contribution in [0.3, 0.4) is 0 Å². The predicted octanol–water partition coefficient (Wildman–Crippen LogP) is 1.65. The number of anilines is 2. The Balaban J connectivity index is 2.03. The van der Waals surface area contributed by atoms with Gasteiger partial charge < -0.3 is 10.6 Å². The summed E-state index contributed by atoms with van der Waals surface area (Å²) in [6.07, 6.45) is 6.06. The van der Waals surface area contributed by atoms with E-state index >= 15 is 0 Å². The van der Waals surface area contributed by atoms with Crippen LogP contribution in [0.5, 0.6) is 0 Å². The van der Waals surface area contributed by atoms with Crippen LogP contribution in [-0.2, 0) is 6.54 Å². The summed E-state index contributed by atoms with van der Waals surface area (Å²) in [5, 5.41) is 4.48. The molecule has 1 aliphatic heterocycles. The fraction of sp³-hybridized carbons (Fsp3) is 0.818. The number of hydrogen-bond acceptors (Lipinski definition) is 4. The zero-order valence-corrected chi connectivity index (χ0v) is 10.0. The van der Waals surface area contributed by atoms with Gasteiger partial charge in [0.05, 0.1) is 0 Å². The molecule has 1 saturated heterocycles. The summed E-state index contributed by atoms with van der Waals surface area (Å²) in [5.41, 5.74) is 5.85. The maximum Gasteiger partial charge on any atom is 0.246 e. The Kier molecular flexibility index (Phi) is 3.64. The molecule has 1 aliphatic rings. The lowest BCUT2D eigenvalue weighted by Crippen LogP contribution is -2.30. The monoisotopic (exact) mass is 223 g/mol. The van der Waals surface area contributed by atoms with Gasteiger partial charge in [0.25, 0.3) is 0 Å². The SMILES string of the molecule is CCCCn1nc(N2CCCCC2)nc1N. The molecule has 1 aromatic heterocycles. The molecule has 0 spiro atoms. The number of nitrogens with two attached hydrogens (primary N) is 1. The van der Waals surface area contributed by atoms with Crippen molar-refractivity contribution in [2.45, 2.75) is 45.6 Å². The van der Waals surface area contributed by atoms with E-state index in [1.54, 1.807) is 0 Å². The van der Waals surface area contributed by atoms with Crippen molar-refractivity contribution in [3.05, 3.63) is 0 Å². The number of unbranched alkanes of at least 4 members (excludes halogenated alkanes) is 1. The predicted molar refractivity (Wildman–Crippen MR) is 65.4 cm³/mol. The molecule has 2 rings (SSSR count). The molecule has 0 unspecified atom stereocenters. The number of rotatable bonds is 4. The number of hydrogen-bond donors (Lipinski definition) is 1. The summed E-state index contributed by atoms with van der Waals surface area (Å²) in [6, 6.07) is 0. The summed E-state index contributed by atoms with van der Waals surface area (Å²) in [5.74, 6) is 1.36. The summed E-state index contributed by atoms with van der Waals surface area (Å²) in [4.78, 5) is 6.58. The molecule has 2 heterocycles. The molecule has 5 heteroatoms. The average molecular weight is 223 g/mol. The highest BCUT2D eigenvalue weighted by Crippen LogP contribution is 2.17. The molecule has 0 radical (unpaired) electrons. The zero-order valence-electron chi connectivity index (χ0n) is 10.0.